The Kier molecular flexibility index (Phi) is 4.16. The predicted molar refractivity (Wildman–Crippen MR) is 70.6 cm³/mol. The van der Waals surface area contributed by atoms with Crippen LogP contribution in [0.2, 0.25) is 0 Å². The highest BCUT2D eigenvalue weighted by molar-refractivity contribution is 7.89. The van der Waals surface area contributed by atoms with Crippen molar-refractivity contribution in [1.29, 1.82) is 0 Å². The molecule has 1 aromatic carbocycles. The van der Waals surface area contributed by atoms with Crippen molar-refractivity contribution in [3.8, 4) is 0 Å². The average molecular weight is 295 g/mol. The molecule has 2 rings (SSSR count). The summed E-state index contributed by atoms with van der Waals surface area (Å²) >= 11 is 0. The Hall–Kier alpha value is -2.19. The lowest BCUT2D eigenvalue weighted by molar-refractivity contribution is -0.138. The maximum absolute atomic E-state index is 11.9. The molecule has 2 aromatic rings. The van der Waals surface area contributed by atoms with E-state index < -0.39 is 21.9 Å². The average Bonchev–Trinajstić information content (AvgIpc) is 2.94. The zero-order valence-corrected chi connectivity index (χ0v) is 11.2. The molecule has 8 heteroatoms. The highest BCUT2D eigenvalue weighted by atomic mass is 32.2. The van der Waals surface area contributed by atoms with Gasteiger partial charge in [-0.1, -0.05) is 30.3 Å². The molecule has 1 aromatic heterocycles. The molecule has 0 saturated carbocycles. The number of hydrogen-bond acceptors (Lipinski definition) is 4. The molecule has 1 atom stereocenters. The number of aromatic nitrogens is 2. The third kappa shape index (κ3) is 3.22. The number of aromatic amines is 1. The molecule has 20 heavy (non-hydrogen) atoms. The van der Waals surface area contributed by atoms with Crippen molar-refractivity contribution < 1.29 is 18.3 Å². The molecule has 0 spiro atoms. The first-order valence-corrected chi connectivity index (χ1v) is 7.26. The van der Waals surface area contributed by atoms with Crippen LogP contribution >= 0.6 is 0 Å². The number of H-pyrrole nitrogens is 1. The number of rotatable bonds is 6. The SMILES string of the molecule is O=C(O)C(CNS(=O)(=O)c1ccn[nH]1)c1ccccc1. The fourth-order valence-electron chi connectivity index (χ4n) is 1.70. The van der Waals surface area contributed by atoms with E-state index in [1.165, 1.54) is 12.3 Å². The van der Waals surface area contributed by atoms with Crippen LogP contribution in [-0.2, 0) is 14.8 Å². The Morgan fingerprint density at radius 2 is 2.00 bits per heavy atom. The van der Waals surface area contributed by atoms with E-state index in [0.717, 1.165) is 0 Å². The van der Waals surface area contributed by atoms with E-state index in [1.807, 2.05) is 0 Å². The molecular weight excluding hydrogens is 282 g/mol. The molecule has 0 aliphatic heterocycles. The van der Waals surface area contributed by atoms with Gasteiger partial charge in [-0.25, -0.2) is 13.1 Å². The minimum Gasteiger partial charge on any atom is -0.481 e. The van der Waals surface area contributed by atoms with Crippen LogP contribution in [0.15, 0.2) is 47.6 Å². The topological polar surface area (TPSA) is 112 Å². The minimum absolute atomic E-state index is 0.102. The van der Waals surface area contributed by atoms with E-state index in [4.69, 9.17) is 0 Å². The van der Waals surface area contributed by atoms with Gasteiger partial charge in [-0.15, -0.1) is 0 Å². The monoisotopic (exact) mass is 295 g/mol. The molecule has 0 aliphatic rings. The number of carboxylic acids is 1. The van der Waals surface area contributed by atoms with Crippen LogP contribution in [0.4, 0.5) is 0 Å². The van der Waals surface area contributed by atoms with Crippen molar-refractivity contribution >= 4 is 16.0 Å². The Labute approximate surface area is 115 Å². The normalized spacial score (nSPS) is 13.0. The van der Waals surface area contributed by atoms with Crippen molar-refractivity contribution in [2.75, 3.05) is 6.54 Å². The van der Waals surface area contributed by atoms with Crippen molar-refractivity contribution in [2.45, 2.75) is 10.9 Å². The molecule has 0 amide bonds. The van der Waals surface area contributed by atoms with E-state index in [-0.39, 0.29) is 11.6 Å². The van der Waals surface area contributed by atoms with Crippen molar-refractivity contribution in [3.63, 3.8) is 0 Å². The maximum atomic E-state index is 11.9. The summed E-state index contributed by atoms with van der Waals surface area (Å²) in [6.07, 6.45) is 1.31. The first kappa shape index (κ1) is 14.2. The molecule has 0 aliphatic carbocycles. The standard InChI is InChI=1S/C12H13N3O4S/c16-12(17)10(9-4-2-1-3-5-9)8-14-20(18,19)11-6-7-13-15-11/h1-7,10,14H,8H2,(H,13,15)(H,16,17). The van der Waals surface area contributed by atoms with Gasteiger partial charge in [0.05, 0.1) is 12.1 Å². The molecule has 7 nitrogen and oxygen atoms in total. The minimum atomic E-state index is -3.78. The van der Waals surface area contributed by atoms with Crippen LogP contribution in [0, 0.1) is 0 Å². The van der Waals surface area contributed by atoms with Gasteiger partial charge in [0.1, 0.15) is 0 Å². The lowest BCUT2D eigenvalue weighted by atomic mass is 10.00. The Morgan fingerprint density at radius 3 is 2.55 bits per heavy atom. The second kappa shape index (κ2) is 5.85. The number of hydrogen-bond donors (Lipinski definition) is 3. The summed E-state index contributed by atoms with van der Waals surface area (Å²) < 4.78 is 26.0. The molecule has 3 N–H and O–H groups in total. The number of benzene rings is 1. The van der Waals surface area contributed by atoms with E-state index in [9.17, 15) is 18.3 Å². The van der Waals surface area contributed by atoms with E-state index in [2.05, 4.69) is 14.9 Å². The van der Waals surface area contributed by atoms with Gasteiger partial charge in [0.15, 0.2) is 5.03 Å². The highest BCUT2D eigenvalue weighted by Gasteiger charge is 2.23. The number of carbonyl (C=O) groups is 1. The smallest absolute Gasteiger partial charge is 0.312 e. The van der Waals surface area contributed by atoms with Crippen LogP contribution in [0.5, 0.6) is 0 Å². The number of aliphatic carboxylic acids is 1. The van der Waals surface area contributed by atoms with Gasteiger partial charge < -0.3 is 5.11 Å². The summed E-state index contributed by atoms with van der Waals surface area (Å²) in [5.74, 6) is -2.04. The first-order valence-electron chi connectivity index (χ1n) is 5.77. The lowest BCUT2D eigenvalue weighted by Gasteiger charge is -2.13. The van der Waals surface area contributed by atoms with Crippen LogP contribution in [0.3, 0.4) is 0 Å². The number of carboxylic acid groups (broad SMARTS) is 1. The molecular formula is C12H13N3O4S. The quantitative estimate of drug-likeness (QED) is 0.720. The summed E-state index contributed by atoms with van der Waals surface area (Å²) in [5.41, 5.74) is 0.535. The number of sulfonamides is 1. The predicted octanol–water partition coefficient (Wildman–Crippen LogP) is 0.556. The molecule has 0 saturated heterocycles. The van der Waals surface area contributed by atoms with Gasteiger partial charge >= 0.3 is 5.97 Å². The van der Waals surface area contributed by atoms with Gasteiger partial charge in [-0.2, -0.15) is 5.10 Å². The largest absolute Gasteiger partial charge is 0.481 e. The maximum Gasteiger partial charge on any atom is 0.312 e. The Balaban J connectivity index is 2.13. The third-order valence-electron chi connectivity index (χ3n) is 2.74. The first-order chi connectivity index (χ1) is 9.50. The van der Waals surface area contributed by atoms with Gasteiger partial charge in [-0.3, -0.25) is 9.89 Å². The van der Waals surface area contributed by atoms with E-state index in [0.29, 0.717) is 5.56 Å². The van der Waals surface area contributed by atoms with Crippen LogP contribution < -0.4 is 4.72 Å². The zero-order valence-electron chi connectivity index (χ0n) is 10.4. The number of nitrogens with zero attached hydrogens (tertiary/aromatic N) is 1. The van der Waals surface area contributed by atoms with Crippen molar-refractivity contribution in [2.24, 2.45) is 0 Å². The summed E-state index contributed by atoms with van der Waals surface area (Å²) in [4.78, 5) is 11.2. The number of nitrogens with one attached hydrogen (secondary N) is 2. The fourth-order valence-corrected chi connectivity index (χ4v) is 2.65. The summed E-state index contributed by atoms with van der Waals surface area (Å²) in [6.45, 7) is -0.235. The van der Waals surface area contributed by atoms with Crippen LogP contribution in [0.25, 0.3) is 0 Å². The second-order valence-corrected chi connectivity index (χ2v) is 5.81. The molecule has 1 heterocycles. The molecule has 106 valence electrons. The van der Waals surface area contributed by atoms with Gasteiger partial charge in [0, 0.05) is 6.54 Å². The van der Waals surface area contributed by atoms with Crippen molar-refractivity contribution in [1.82, 2.24) is 14.9 Å². The molecule has 1 unspecified atom stereocenters. The summed E-state index contributed by atoms with van der Waals surface area (Å²) in [7, 11) is -3.78. The Morgan fingerprint density at radius 1 is 1.30 bits per heavy atom. The van der Waals surface area contributed by atoms with Gasteiger partial charge in [0.2, 0.25) is 0 Å². The van der Waals surface area contributed by atoms with Gasteiger partial charge in [0.25, 0.3) is 10.0 Å². The van der Waals surface area contributed by atoms with Crippen LogP contribution in [0.1, 0.15) is 11.5 Å². The fraction of sp³-hybridized carbons (Fsp3) is 0.167. The van der Waals surface area contributed by atoms with Crippen LogP contribution in [-0.4, -0.2) is 36.2 Å². The van der Waals surface area contributed by atoms with E-state index >= 15 is 0 Å². The van der Waals surface area contributed by atoms with Crippen molar-refractivity contribution in [3.05, 3.63) is 48.2 Å². The molecule has 0 radical (unpaired) electrons. The summed E-state index contributed by atoms with van der Waals surface area (Å²) in [5, 5.41) is 15.0. The zero-order chi connectivity index (χ0) is 14.6. The Bertz CT molecular complexity index is 668. The lowest BCUT2D eigenvalue weighted by Crippen LogP contribution is -2.32. The molecule has 0 bridgehead atoms. The highest BCUT2D eigenvalue weighted by Crippen LogP contribution is 2.15. The van der Waals surface area contributed by atoms with Gasteiger partial charge in [-0.05, 0) is 11.6 Å². The third-order valence-corrected chi connectivity index (χ3v) is 4.10. The second-order valence-electron chi connectivity index (χ2n) is 4.07. The molecule has 0 fully saturated rings. The van der Waals surface area contributed by atoms with E-state index in [1.54, 1.807) is 30.3 Å². The summed E-state index contributed by atoms with van der Waals surface area (Å²) in [6, 6.07) is 9.74.